The van der Waals surface area contributed by atoms with E-state index in [0.717, 1.165) is 36.3 Å². The molecule has 7 heteroatoms. The van der Waals surface area contributed by atoms with Gasteiger partial charge in [0.1, 0.15) is 5.76 Å². The first-order valence-corrected chi connectivity index (χ1v) is 9.82. The third kappa shape index (κ3) is 4.13. The minimum Gasteiger partial charge on any atom is -0.361 e. The topological polar surface area (TPSA) is 79.0 Å². The molecule has 2 aliphatic heterocycles. The number of benzene rings is 1. The summed E-state index contributed by atoms with van der Waals surface area (Å²) in [5.41, 5.74) is 1.97. The summed E-state index contributed by atoms with van der Waals surface area (Å²) < 4.78 is 5.23. The molecule has 1 fully saturated rings. The van der Waals surface area contributed by atoms with Crippen molar-refractivity contribution in [2.24, 2.45) is 5.10 Å². The van der Waals surface area contributed by atoms with Crippen LogP contribution >= 0.6 is 0 Å². The average molecular weight is 380 g/mol. The Hall–Kier alpha value is -2.96. The summed E-state index contributed by atoms with van der Waals surface area (Å²) in [6.07, 6.45) is 4.57. The van der Waals surface area contributed by atoms with Crippen molar-refractivity contribution in [1.82, 2.24) is 15.1 Å². The lowest BCUT2D eigenvalue weighted by atomic mass is 9.94. The molecule has 28 heavy (non-hydrogen) atoms. The molecule has 2 amide bonds. The van der Waals surface area contributed by atoms with E-state index in [9.17, 15) is 9.59 Å². The second kappa shape index (κ2) is 8.37. The maximum Gasteiger partial charge on any atom is 0.243 e. The number of rotatable bonds is 5. The van der Waals surface area contributed by atoms with Crippen molar-refractivity contribution in [2.45, 2.75) is 38.0 Å². The number of likely N-dealkylation sites (tertiary alicyclic amines) is 1. The van der Waals surface area contributed by atoms with Gasteiger partial charge in [-0.3, -0.25) is 9.59 Å². The second-order valence-electron chi connectivity index (χ2n) is 7.25. The highest BCUT2D eigenvalue weighted by Gasteiger charge is 2.27. The molecular formula is C21H24N4O3. The van der Waals surface area contributed by atoms with E-state index in [1.165, 1.54) is 5.01 Å². The monoisotopic (exact) mass is 380 g/mol. The Bertz CT molecular complexity index is 840. The predicted molar refractivity (Wildman–Crippen MR) is 104 cm³/mol. The number of hydrogen-bond acceptors (Lipinski definition) is 5. The zero-order valence-electron chi connectivity index (χ0n) is 15.8. The van der Waals surface area contributed by atoms with E-state index in [4.69, 9.17) is 4.52 Å². The first kappa shape index (κ1) is 18.4. The molecule has 0 bridgehead atoms. The molecular weight excluding hydrogens is 356 g/mol. The Balaban J connectivity index is 1.24. The molecule has 0 atom stereocenters. The summed E-state index contributed by atoms with van der Waals surface area (Å²) >= 11 is 0. The number of amides is 2. The molecule has 2 aromatic rings. The van der Waals surface area contributed by atoms with E-state index in [2.05, 4.69) is 10.3 Å². The first-order chi connectivity index (χ1) is 13.7. The Morgan fingerprint density at radius 3 is 2.46 bits per heavy atom. The van der Waals surface area contributed by atoms with Gasteiger partial charge in [0.25, 0.3) is 0 Å². The number of aromatic nitrogens is 1. The number of piperidine rings is 1. The highest BCUT2D eigenvalue weighted by atomic mass is 16.5. The van der Waals surface area contributed by atoms with Crippen LogP contribution in [0, 0.1) is 0 Å². The van der Waals surface area contributed by atoms with Gasteiger partial charge in [-0.15, -0.1) is 0 Å². The molecule has 0 N–H and O–H groups in total. The molecule has 0 radical (unpaired) electrons. The summed E-state index contributed by atoms with van der Waals surface area (Å²) in [5, 5.41) is 9.71. The summed E-state index contributed by atoms with van der Waals surface area (Å²) in [5.74, 6) is 1.17. The van der Waals surface area contributed by atoms with Crippen LogP contribution < -0.4 is 0 Å². The Labute approximate surface area is 164 Å². The van der Waals surface area contributed by atoms with E-state index < -0.39 is 0 Å². The standard InChI is InChI=1S/C21H24N4O3/c26-20(24-13-9-17(10-14-24)19-8-12-22-28-19)6-7-21(27)25-15-11-18(23-25)16-4-2-1-3-5-16/h1-5,8,12,17H,6-7,9-11,13-15H2. The summed E-state index contributed by atoms with van der Waals surface area (Å²) in [7, 11) is 0. The van der Waals surface area contributed by atoms with Crippen LogP contribution in [0.25, 0.3) is 0 Å². The van der Waals surface area contributed by atoms with Gasteiger partial charge in [0, 0.05) is 44.3 Å². The van der Waals surface area contributed by atoms with Crippen LogP contribution in [0.3, 0.4) is 0 Å². The van der Waals surface area contributed by atoms with E-state index in [0.29, 0.717) is 25.6 Å². The van der Waals surface area contributed by atoms with Gasteiger partial charge in [0.05, 0.1) is 18.5 Å². The van der Waals surface area contributed by atoms with E-state index in [1.807, 2.05) is 41.3 Å². The van der Waals surface area contributed by atoms with Gasteiger partial charge in [-0.25, -0.2) is 5.01 Å². The van der Waals surface area contributed by atoms with E-state index >= 15 is 0 Å². The van der Waals surface area contributed by atoms with Crippen molar-refractivity contribution in [1.29, 1.82) is 0 Å². The molecule has 0 aliphatic carbocycles. The average Bonchev–Trinajstić information content (AvgIpc) is 3.45. The molecule has 1 saturated heterocycles. The Morgan fingerprint density at radius 2 is 1.75 bits per heavy atom. The predicted octanol–water partition coefficient (Wildman–Crippen LogP) is 2.80. The number of carbonyl (C=O) groups excluding carboxylic acids is 2. The van der Waals surface area contributed by atoms with Gasteiger partial charge in [-0.1, -0.05) is 35.5 Å². The van der Waals surface area contributed by atoms with Crippen LogP contribution in [0.15, 0.2) is 52.2 Å². The van der Waals surface area contributed by atoms with Crippen molar-refractivity contribution < 1.29 is 14.1 Å². The van der Waals surface area contributed by atoms with Gasteiger partial charge in [0.15, 0.2) is 0 Å². The van der Waals surface area contributed by atoms with Gasteiger partial charge < -0.3 is 9.42 Å². The van der Waals surface area contributed by atoms with E-state index in [1.54, 1.807) is 6.20 Å². The number of nitrogens with zero attached hydrogens (tertiary/aromatic N) is 4. The van der Waals surface area contributed by atoms with Crippen molar-refractivity contribution in [2.75, 3.05) is 19.6 Å². The lowest BCUT2D eigenvalue weighted by Gasteiger charge is -2.31. The summed E-state index contributed by atoms with van der Waals surface area (Å²) in [4.78, 5) is 26.8. The van der Waals surface area contributed by atoms with Crippen LogP contribution in [0.5, 0.6) is 0 Å². The minimum atomic E-state index is -0.0872. The fraction of sp³-hybridized carbons (Fsp3) is 0.429. The fourth-order valence-corrected chi connectivity index (χ4v) is 3.82. The lowest BCUT2D eigenvalue weighted by molar-refractivity contribution is -0.137. The minimum absolute atomic E-state index is 0.0378. The van der Waals surface area contributed by atoms with Crippen molar-refractivity contribution in [3.8, 4) is 0 Å². The SMILES string of the molecule is O=C(CCC(=O)N1CCC(c2ccccc2)=N1)N1CCC(c2ccno2)CC1. The van der Waals surface area contributed by atoms with E-state index in [-0.39, 0.29) is 24.7 Å². The normalized spacial score (nSPS) is 17.6. The van der Waals surface area contributed by atoms with Gasteiger partial charge in [-0.05, 0) is 18.4 Å². The second-order valence-corrected chi connectivity index (χ2v) is 7.25. The zero-order valence-corrected chi connectivity index (χ0v) is 15.8. The third-order valence-corrected chi connectivity index (χ3v) is 5.46. The summed E-state index contributed by atoms with van der Waals surface area (Å²) in [6.45, 7) is 1.97. The van der Waals surface area contributed by atoms with Gasteiger partial charge in [0.2, 0.25) is 11.8 Å². The zero-order chi connectivity index (χ0) is 19.3. The maximum absolute atomic E-state index is 12.5. The molecule has 3 heterocycles. The van der Waals surface area contributed by atoms with Crippen molar-refractivity contribution >= 4 is 17.5 Å². The van der Waals surface area contributed by atoms with Crippen LogP contribution in [-0.2, 0) is 9.59 Å². The third-order valence-electron chi connectivity index (χ3n) is 5.46. The van der Waals surface area contributed by atoms with Crippen LogP contribution in [0.4, 0.5) is 0 Å². The molecule has 0 saturated carbocycles. The van der Waals surface area contributed by atoms with Crippen LogP contribution in [-0.4, -0.2) is 52.2 Å². The van der Waals surface area contributed by atoms with Crippen LogP contribution in [0.1, 0.15) is 49.3 Å². The lowest BCUT2D eigenvalue weighted by Crippen LogP contribution is -2.38. The highest BCUT2D eigenvalue weighted by Crippen LogP contribution is 2.28. The smallest absolute Gasteiger partial charge is 0.243 e. The number of hydrogen-bond donors (Lipinski definition) is 0. The molecule has 7 nitrogen and oxygen atoms in total. The Kier molecular flexibility index (Phi) is 5.50. The molecule has 146 valence electrons. The largest absolute Gasteiger partial charge is 0.361 e. The quantitative estimate of drug-likeness (QED) is 0.799. The summed E-state index contributed by atoms with van der Waals surface area (Å²) in [6, 6.07) is 11.8. The van der Waals surface area contributed by atoms with Gasteiger partial charge >= 0.3 is 0 Å². The molecule has 1 aromatic carbocycles. The maximum atomic E-state index is 12.5. The molecule has 0 spiro atoms. The first-order valence-electron chi connectivity index (χ1n) is 9.82. The fourth-order valence-electron chi connectivity index (χ4n) is 3.82. The van der Waals surface area contributed by atoms with Crippen molar-refractivity contribution in [3.63, 3.8) is 0 Å². The number of carbonyl (C=O) groups is 2. The number of hydrazone groups is 1. The highest BCUT2D eigenvalue weighted by molar-refractivity contribution is 6.02. The van der Waals surface area contributed by atoms with Crippen LogP contribution in [0.2, 0.25) is 0 Å². The molecule has 0 unspecified atom stereocenters. The molecule has 2 aliphatic rings. The van der Waals surface area contributed by atoms with Crippen molar-refractivity contribution in [3.05, 3.63) is 53.9 Å². The molecule has 4 rings (SSSR count). The Morgan fingerprint density at radius 1 is 1.00 bits per heavy atom. The molecule has 1 aromatic heterocycles. The van der Waals surface area contributed by atoms with Gasteiger partial charge in [-0.2, -0.15) is 5.10 Å².